The molecule has 0 amide bonds. The predicted molar refractivity (Wildman–Crippen MR) is 96.6 cm³/mol. The second-order valence-electron chi connectivity index (χ2n) is 9.97. The molecule has 0 N–H and O–H groups in total. The summed E-state index contributed by atoms with van der Waals surface area (Å²) in [5, 5.41) is 4.59. The van der Waals surface area contributed by atoms with Crippen molar-refractivity contribution in [3.8, 4) is 0 Å². The van der Waals surface area contributed by atoms with Crippen LogP contribution in [0.15, 0.2) is 5.16 Å². The van der Waals surface area contributed by atoms with Crippen LogP contribution in [0.1, 0.15) is 73.6 Å². The molecule has 0 heterocycles. The minimum Gasteiger partial charge on any atom is -0.394 e. The van der Waals surface area contributed by atoms with Crippen molar-refractivity contribution in [1.29, 1.82) is 0 Å². The average Bonchev–Trinajstić information content (AvgIpc) is 3.07. The Morgan fingerprint density at radius 1 is 1.04 bits per heavy atom. The molecule has 0 unspecified atom stereocenters. The Kier molecular flexibility index (Phi) is 4.54. The van der Waals surface area contributed by atoms with Gasteiger partial charge in [0.25, 0.3) is 0 Å². The minimum atomic E-state index is 0.151. The van der Waals surface area contributed by atoms with E-state index in [1.54, 1.807) is 0 Å². The maximum absolute atomic E-state index is 5.79. The fourth-order valence-corrected chi connectivity index (χ4v) is 5.86. The van der Waals surface area contributed by atoms with Gasteiger partial charge in [0.2, 0.25) is 0 Å². The van der Waals surface area contributed by atoms with E-state index in [-0.39, 0.29) is 11.1 Å². The number of hydrogen-bond acceptors (Lipinski definition) is 3. The van der Waals surface area contributed by atoms with Crippen molar-refractivity contribution in [1.82, 2.24) is 4.90 Å². The molecule has 3 aliphatic rings. The Balaban J connectivity index is 1.52. The van der Waals surface area contributed by atoms with E-state index in [1.807, 2.05) is 0 Å². The predicted octanol–water partition coefficient (Wildman–Crippen LogP) is 4.71. The summed E-state index contributed by atoms with van der Waals surface area (Å²) in [6.45, 7) is 15.3. The van der Waals surface area contributed by atoms with Crippen molar-refractivity contribution in [3.63, 3.8) is 0 Å². The molecule has 3 nitrogen and oxygen atoms in total. The van der Waals surface area contributed by atoms with Gasteiger partial charge in [0.1, 0.15) is 6.61 Å². The number of fused-ring (bicyclic) bond motifs is 5. The van der Waals surface area contributed by atoms with Crippen LogP contribution in [-0.2, 0) is 4.84 Å². The summed E-state index contributed by atoms with van der Waals surface area (Å²) >= 11 is 0. The quantitative estimate of drug-likeness (QED) is 0.553. The van der Waals surface area contributed by atoms with E-state index >= 15 is 0 Å². The Labute approximate surface area is 142 Å². The Morgan fingerprint density at radius 2 is 1.70 bits per heavy atom. The zero-order valence-electron chi connectivity index (χ0n) is 16.1. The first-order chi connectivity index (χ1) is 10.7. The lowest BCUT2D eigenvalue weighted by molar-refractivity contribution is 0.00608. The highest BCUT2D eigenvalue weighted by atomic mass is 16.6. The van der Waals surface area contributed by atoms with Crippen molar-refractivity contribution in [2.45, 2.75) is 84.7 Å². The molecule has 0 radical (unpaired) electrons. The lowest BCUT2D eigenvalue weighted by Crippen LogP contribution is -2.53. The average molecular weight is 321 g/mol. The van der Waals surface area contributed by atoms with Gasteiger partial charge in [-0.2, -0.15) is 0 Å². The first-order valence-corrected chi connectivity index (χ1v) is 9.64. The van der Waals surface area contributed by atoms with Gasteiger partial charge < -0.3 is 4.84 Å². The molecule has 132 valence electrons. The molecule has 3 saturated carbocycles. The third kappa shape index (κ3) is 3.45. The third-order valence-corrected chi connectivity index (χ3v) is 6.41. The zero-order valence-corrected chi connectivity index (χ0v) is 16.1. The Bertz CT molecular complexity index is 443. The van der Waals surface area contributed by atoms with Gasteiger partial charge in [-0.25, -0.2) is 0 Å². The van der Waals surface area contributed by atoms with Crippen LogP contribution in [0.2, 0.25) is 0 Å². The van der Waals surface area contributed by atoms with Crippen LogP contribution >= 0.6 is 0 Å². The van der Waals surface area contributed by atoms with Crippen molar-refractivity contribution in [2.24, 2.45) is 28.8 Å². The molecule has 3 rings (SSSR count). The monoisotopic (exact) mass is 320 g/mol. The van der Waals surface area contributed by atoms with Crippen LogP contribution in [0.4, 0.5) is 0 Å². The third-order valence-electron chi connectivity index (χ3n) is 6.41. The number of hydrogen-bond donors (Lipinski definition) is 0. The first-order valence-electron chi connectivity index (χ1n) is 9.64. The summed E-state index contributed by atoms with van der Waals surface area (Å²) in [6.07, 6.45) is 6.98. The van der Waals surface area contributed by atoms with Crippen LogP contribution < -0.4 is 0 Å². The molecular weight excluding hydrogens is 284 g/mol. The summed E-state index contributed by atoms with van der Waals surface area (Å²) in [4.78, 5) is 8.29. The highest BCUT2D eigenvalue weighted by Gasteiger charge is 2.52. The van der Waals surface area contributed by atoms with Gasteiger partial charge in [0.15, 0.2) is 0 Å². The van der Waals surface area contributed by atoms with Crippen molar-refractivity contribution in [2.75, 3.05) is 13.2 Å². The molecule has 23 heavy (non-hydrogen) atoms. The minimum absolute atomic E-state index is 0.151. The van der Waals surface area contributed by atoms with Gasteiger partial charge in [0.05, 0.1) is 5.71 Å². The van der Waals surface area contributed by atoms with E-state index in [2.05, 4.69) is 51.6 Å². The number of rotatable bonds is 4. The van der Waals surface area contributed by atoms with Crippen LogP contribution in [-0.4, -0.2) is 34.8 Å². The Hall–Kier alpha value is -0.570. The molecule has 0 spiro atoms. The smallest absolute Gasteiger partial charge is 0.129 e. The van der Waals surface area contributed by atoms with Crippen molar-refractivity contribution < 1.29 is 4.84 Å². The topological polar surface area (TPSA) is 24.8 Å². The maximum atomic E-state index is 5.79. The van der Waals surface area contributed by atoms with Gasteiger partial charge in [-0.05, 0) is 85.0 Å². The van der Waals surface area contributed by atoms with E-state index in [0.717, 1.165) is 30.2 Å². The standard InChI is InChI=1S/C20H36N2O/c1-19(2,3)22(20(4,5)6)10-11-23-21-18-13-14-12-17(18)16-9-7-8-15(14)16/h14-17H,7-13H2,1-6H3/b21-18+/t14-,15-,16-,17-/m0/s1. The fourth-order valence-electron chi connectivity index (χ4n) is 5.86. The van der Waals surface area contributed by atoms with Crippen molar-refractivity contribution >= 4 is 5.71 Å². The van der Waals surface area contributed by atoms with Crippen LogP contribution in [0.25, 0.3) is 0 Å². The van der Waals surface area contributed by atoms with Crippen LogP contribution in [0.3, 0.4) is 0 Å². The van der Waals surface area contributed by atoms with Gasteiger partial charge in [-0.1, -0.05) is 11.6 Å². The van der Waals surface area contributed by atoms with E-state index in [9.17, 15) is 0 Å². The number of nitrogens with zero attached hydrogens (tertiary/aromatic N) is 2. The second-order valence-corrected chi connectivity index (χ2v) is 9.97. The molecule has 0 aromatic rings. The molecule has 0 aromatic carbocycles. The largest absolute Gasteiger partial charge is 0.394 e. The molecule has 4 atom stereocenters. The van der Waals surface area contributed by atoms with Crippen LogP contribution in [0.5, 0.6) is 0 Å². The summed E-state index contributed by atoms with van der Waals surface area (Å²) < 4.78 is 0. The molecule has 3 fully saturated rings. The Morgan fingerprint density at radius 3 is 2.35 bits per heavy atom. The lowest BCUT2D eigenvalue weighted by Gasteiger charge is -2.45. The summed E-state index contributed by atoms with van der Waals surface area (Å²) in [7, 11) is 0. The van der Waals surface area contributed by atoms with E-state index in [1.165, 1.54) is 37.8 Å². The second kappa shape index (κ2) is 6.06. The normalized spacial score (nSPS) is 35.3. The maximum Gasteiger partial charge on any atom is 0.129 e. The fraction of sp³-hybridized carbons (Fsp3) is 0.950. The zero-order chi connectivity index (χ0) is 16.8. The summed E-state index contributed by atoms with van der Waals surface area (Å²) in [6, 6.07) is 0. The van der Waals surface area contributed by atoms with E-state index in [0.29, 0.717) is 6.61 Å². The molecule has 0 saturated heterocycles. The molecular formula is C20H36N2O. The molecule has 3 aliphatic carbocycles. The SMILES string of the molecule is CC(C)(C)N(CCO/N=C1\C[C@@H]2C[C@H]1[C@H]1CCC[C@@H]21)C(C)(C)C. The highest BCUT2D eigenvalue weighted by molar-refractivity contribution is 5.90. The molecule has 0 aliphatic heterocycles. The molecule has 3 heteroatoms. The van der Waals surface area contributed by atoms with Gasteiger partial charge >= 0.3 is 0 Å². The van der Waals surface area contributed by atoms with Gasteiger partial charge in [0, 0.05) is 23.5 Å². The summed E-state index contributed by atoms with van der Waals surface area (Å²) in [5.41, 5.74) is 1.69. The van der Waals surface area contributed by atoms with Crippen molar-refractivity contribution in [3.05, 3.63) is 0 Å². The van der Waals surface area contributed by atoms with Crippen LogP contribution in [0, 0.1) is 23.7 Å². The van der Waals surface area contributed by atoms with E-state index in [4.69, 9.17) is 4.84 Å². The van der Waals surface area contributed by atoms with Gasteiger partial charge in [-0.3, -0.25) is 4.90 Å². The highest BCUT2D eigenvalue weighted by Crippen LogP contribution is 2.57. The lowest BCUT2D eigenvalue weighted by atomic mass is 9.81. The first kappa shape index (κ1) is 17.3. The van der Waals surface area contributed by atoms with Gasteiger partial charge in [-0.15, -0.1) is 0 Å². The molecule has 0 aromatic heterocycles. The number of oxime groups is 1. The summed E-state index contributed by atoms with van der Waals surface area (Å²) in [5.74, 6) is 3.65. The molecule has 2 bridgehead atoms. The van der Waals surface area contributed by atoms with E-state index < -0.39 is 0 Å².